The van der Waals surface area contributed by atoms with Crippen molar-refractivity contribution in [1.82, 2.24) is 0 Å². The normalized spacial score (nSPS) is 9.79. The van der Waals surface area contributed by atoms with Crippen molar-refractivity contribution in [2.75, 3.05) is 10.6 Å². The fourth-order valence-electron chi connectivity index (χ4n) is 1.25. The zero-order valence-corrected chi connectivity index (χ0v) is 10.6. The molecule has 102 valence electrons. The van der Waals surface area contributed by atoms with Crippen molar-refractivity contribution in [2.24, 2.45) is 0 Å². The van der Waals surface area contributed by atoms with Crippen LogP contribution in [0.5, 0.6) is 0 Å². The molecule has 0 fully saturated rings. The summed E-state index contributed by atoms with van der Waals surface area (Å²) >= 11 is 0.259. The number of rotatable bonds is 4. The van der Waals surface area contributed by atoms with Gasteiger partial charge in [0.05, 0.1) is 9.85 Å². The van der Waals surface area contributed by atoms with Crippen molar-refractivity contribution in [2.45, 2.75) is 13.8 Å². The lowest BCUT2D eigenvalue weighted by molar-refractivity contribution is -0.382. The van der Waals surface area contributed by atoms with Gasteiger partial charge in [-0.2, -0.15) is 0 Å². The highest BCUT2D eigenvalue weighted by atomic mass is 32.1. The smallest absolute Gasteiger partial charge is 0.318 e. The van der Waals surface area contributed by atoms with Crippen molar-refractivity contribution in [1.29, 1.82) is 0 Å². The van der Waals surface area contributed by atoms with Gasteiger partial charge < -0.3 is 10.6 Å². The average molecular weight is 288 g/mol. The second-order valence-electron chi connectivity index (χ2n) is 3.34. The van der Waals surface area contributed by atoms with Crippen LogP contribution in [0.3, 0.4) is 0 Å². The van der Waals surface area contributed by atoms with Gasteiger partial charge in [0.1, 0.15) is 0 Å². The van der Waals surface area contributed by atoms with Gasteiger partial charge in [-0.05, 0) is 0 Å². The van der Waals surface area contributed by atoms with Gasteiger partial charge in [-0.15, -0.1) is 0 Å². The van der Waals surface area contributed by atoms with Crippen LogP contribution in [-0.4, -0.2) is 21.7 Å². The molecule has 0 saturated heterocycles. The van der Waals surface area contributed by atoms with Gasteiger partial charge in [0, 0.05) is 25.2 Å². The van der Waals surface area contributed by atoms with Crippen molar-refractivity contribution in [3.63, 3.8) is 0 Å². The molecule has 0 aliphatic carbocycles. The molecule has 1 heterocycles. The predicted molar refractivity (Wildman–Crippen MR) is 66.2 cm³/mol. The van der Waals surface area contributed by atoms with Crippen molar-refractivity contribution in [3.05, 3.63) is 20.2 Å². The Kier molecular flexibility index (Phi) is 4.11. The molecule has 0 atom stereocenters. The van der Waals surface area contributed by atoms with E-state index in [1.165, 1.54) is 0 Å². The summed E-state index contributed by atoms with van der Waals surface area (Å²) in [5.74, 6) is -1.30. The molecule has 1 aromatic rings. The Labute approximate surface area is 109 Å². The zero-order chi connectivity index (χ0) is 14.7. The van der Waals surface area contributed by atoms with Crippen LogP contribution in [0.15, 0.2) is 0 Å². The molecular formula is C8H8N4O6S. The Morgan fingerprint density at radius 2 is 1.26 bits per heavy atom. The number of carbonyl (C=O) groups excluding carboxylic acids is 2. The molecule has 0 bridgehead atoms. The summed E-state index contributed by atoms with van der Waals surface area (Å²) in [5.41, 5.74) is -0.770. The van der Waals surface area contributed by atoms with Gasteiger partial charge in [-0.3, -0.25) is 29.8 Å². The fraction of sp³-hybridized carbons (Fsp3) is 0.250. The topological polar surface area (TPSA) is 144 Å². The van der Waals surface area contributed by atoms with Crippen LogP contribution in [0.2, 0.25) is 0 Å². The molecule has 2 N–H and O–H groups in total. The largest absolute Gasteiger partial charge is 0.356 e. The molecule has 2 amide bonds. The minimum absolute atomic E-state index is 0.259. The summed E-state index contributed by atoms with van der Waals surface area (Å²) in [6, 6.07) is 0. The Hall–Kier alpha value is -2.56. The minimum Gasteiger partial charge on any atom is -0.318 e. The number of anilines is 2. The number of amides is 2. The molecule has 0 aliphatic heterocycles. The highest BCUT2D eigenvalue weighted by molar-refractivity contribution is 7.20. The van der Waals surface area contributed by atoms with Crippen LogP contribution >= 0.6 is 11.3 Å². The summed E-state index contributed by atoms with van der Waals surface area (Å²) in [4.78, 5) is 41.9. The van der Waals surface area contributed by atoms with Crippen LogP contribution in [0.4, 0.5) is 21.4 Å². The van der Waals surface area contributed by atoms with E-state index < -0.39 is 31.7 Å². The second kappa shape index (κ2) is 5.39. The predicted octanol–water partition coefficient (Wildman–Crippen LogP) is 1.48. The third kappa shape index (κ3) is 3.22. The van der Waals surface area contributed by atoms with Crippen LogP contribution in [-0.2, 0) is 9.59 Å². The molecule has 0 aliphatic rings. The molecule has 10 nitrogen and oxygen atoms in total. The maximum absolute atomic E-state index is 11.0. The summed E-state index contributed by atoms with van der Waals surface area (Å²) in [6.45, 7) is 2.18. The molecule has 19 heavy (non-hydrogen) atoms. The summed E-state index contributed by atoms with van der Waals surface area (Å²) < 4.78 is 0. The number of hydrogen-bond acceptors (Lipinski definition) is 7. The number of nitrogens with zero attached hydrogens (tertiary/aromatic N) is 2. The maximum atomic E-state index is 11.0. The monoisotopic (exact) mass is 288 g/mol. The number of thiophene rings is 1. The fourth-order valence-corrected chi connectivity index (χ4v) is 2.09. The Morgan fingerprint density at radius 3 is 1.47 bits per heavy atom. The van der Waals surface area contributed by atoms with Gasteiger partial charge in [0.15, 0.2) is 11.4 Å². The van der Waals surface area contributed by atoms with Crippen molar-refractivity contribution < 1.29 is 19.4 Å². The lowest BCUT2D eigenvalue weighted by atomic mass is 10.3. The number of carbonyl (C=O) groups is 2. The van der Waals surface area contributed by atoms with E-state index in [4.69, 9.17) is 0 Å². The summed E-state index contributed by atoms with van der Waals surface area (Å²) in [7, 11) is 0. The van der Waals surface area contributed by atoms with E-state index in [9.17, 15) is 29.8 Å². The number of hydrogen-bond donors (Lipinski definition) is 2. The second-order valence-corrected chi connectivity index (χ2v) is 4.32. The van der Waals surface area contributed by atoms with Gasteiger partial charge in [0.2, 0.25) is 11.8 Å². The van der Waals surface area contributed by atoms with Crippen LogP contribution in [0.1, 0.15) is 13.8 Å². The van der Waals surface area contributed by atoms with E-state index in [1.54, 1.807) is 0 Å². The third-order valence-electron chi connectivity index (χ3n) is 1.80. The Bertz CT molecular complexity index is 532. The zero-order valence-electron chi connectivity index (χ0n) is 9.75. The molecule has 0 radical (unpaired) electrons. The van der Waals surface area contributed by atoms with Crippen LogP contribution in [0, 0.1) is 20.2 Å². The quantitative estimate of drug-likeness (QED) is 0.634. The molecule has 0 unspecified atom stereocenters. The lowest BCUT2D eigenvalue weighted by Gasteiger charge is -2.03. The van der Waals surface area contributed by atoms with E-state index in [0.29, 0.717) is 0 Å². The molecule has 0 spiro atoms. The van der Waals surface area contributed by atoms with Gasteiger partial charge in [-0.25, -0.2) is 0 Å². The Morgan fingerprint density at radius 1 is 0.947 bits per heavy atom. The van der Waals surface area contributed by atoms with Crippen LogP contribution < -0.4 is 10.6 Å². The van der Waals surface area contributed by atoms with E-state index in [-0.39, 0.29) is 22.7 Å². The SMILES string of the molecule is CC(=O)Nc1c([N+](=O)[O-])sc([N+](=O)[O-])c1NC(C)=O. The lowest BCUT2D eigenvalue weighted by Crippen LogP contribution is -2.12. The highest BCUT2D eigenvalue weighted by Crippen LogP contribution is 2.48. The highest BCUT2D eigenvalue weighted by Gasteiger charge is 2.34. The third-order valence-corrected chi connectivity index (χ3v) is 2.90. The van der Waals surface area contributed by atoms with Gasteiger partial charge >= 0.3 is 10.0 Å². The van der Waals surface area contributed by atoms with Gasteiger partial charge in [0.25, 0.3) is 0 Å². The van der Waals surface area contributed by atoms with Crippen LogP contribution in [0.25, 0.3) is 0 Å². The van der Waals surface area contributed by atoms with E-state index in [2.05, 4.69) is 10.6 Å². The number of nitro groups is 2. The summed E-state index contributed by atoms with van der Waals surface area (Å²) in [5, 5.41) is 24.6. The molecule has 0 aromatic carbocycles. The van der Waals surface area contributed by atoms with Crippen molar-refractivity contribution in [3.8, 4) is 0 Å². The number of nitrogens with one attached hydrogen (secondary N) is 2. The van der Waals surface area contributed by atoms with Gasteiger partial charge in [-0.1, -0.05) is 0 Å². The van der Waals surface area contributed by atoms with E-state index in [0.717, 1.165) is 13.8 Å². The summed E-state index contributed by atoms with van der Waals surface area (Å²) in [6.07, 6.45) is 0. The minimum atomic E-state index is -0.867. The first-order chi connectivity index (χ1) is 8.73. The standard InChI is InChI=1S/C8H8N4O6S/c1-3(13)9-5-6(10-4(2)14)8(12(17)18)19-7(5)11(15)16/h1-2H3,(H,9,13)(H,10,14). The maximum Gasteiger partial charge on any atom is 0.356 e. The van der Waals surface area contributed by atoms with E-state index >= 15 is 0 Å². The first-order valence-corrected chi connectivity index (χ1v) is 5.56. The van der Waals surface area contributed by atoms with E-state index in [1.807, 2.05) is 0 Å². The Balaban J connectivity index is 3.50. The first kappa shape index (κ1) is 14.5. The average Bonchev–Trinajstić information content (AvgIpc) is 2.56. The first-order valence-electron chi connectivity index (χ1n) is 4.74. The molecule has 11 heteroatoms. The molecule has 1 rings (SSSR count). The molecular weight excluding hydrogens is 280 g/mol. The molecule has 1 aromatic heterocycles. The van der Waals surface area contributed by atoms with Crippen molar-refractivity contribution >= 4 is 44.5 Å². The molecule has 0 saturated carbocycles.